The zero-order chi connectivity index (χ0) is 15.6. The van der Waals surface area contributed by atoms with E-state index in [-0.39, 0.29) is 24.4 Å². The van der Waals surface area contributed by atoms with Crippen LogP contribution in [0.3, 0.4) is 0 Å². The molecule has 3 unspecified atom stereocenters. The average molecular weight is 318 g/mol. The zero-order valence-corrected chi connectivity index (χ0v) is 13.7. The third kappa shape index (κ3) is 3.96. The zero-order valence-electron chi connectivity index (χ0n) is 12.9. The van der Waals surface area contributed by atoms with Crippen molar-refractivity contribution in [2.75, 3.05) is 26.4 Å². The second-order valence-electron chi connectivity index (χ2n) is 6.33. The topological polar surface area (TPSA) is 77.9 Å². The molecule has 1 saturated heterocycles. The van der Waals surface area contributed by atoms with E-state index in [9.17, 15) is 18.3 Å². The number of piperidine rings is 1. The molecule has 0 radical (unpaired) electrons. The molecule has 2 fully saturated rings. The fourth-order valence-electron chi connectivity index (χ4n) is 3.44. The van der Waals surface area contributed by atoms with Crippen LogP contribution < -0.4 is 0 Å². The smallest absolute Gasteiger partial charge is 0.227 e. The molecule has 2 aliphatic rings. The fraction of sp³-hybridized carbons (Fsp3) is 0.929. The standard InChI is InChI=1S/C14H26N2O4S/c1-15(12-7-3-4-8-13(12)17)14(18)11-6-5-9-16(10-11)21(2,19)20/h11-13,17H,3-10H2,1-2H3. The lowest BCUT2D eigenvalue weighted by molar-refractivity contribution is -0.140. The summed E-state index contributed by atoms with van der Waals surface area (Å²) in [5, 5.41) is 10.1. The summed E-state index contributed by atoms with van der Waals surface area (Å²) in [5.74, 6) is -0.318. The van der Waals surface area contributed by atoms with Crippen molar-refractivity contribution in [2.45, 2.75) is 50.7 Å². The minimum Gasteiger partial charge on any atom is -0.391 e. The van der Waals surface area contributed by atoms with Gasteiger partial charge in [-0.15, -0.1) is 0 Å². The van der Waals surface area contributed by atoms with Gasteiger partial charge in [0.2, 0.25) is 15.9 Å². The number of likely N-dealkylation sites (N-methyl/N-ethyl adjacent to an activating group) is 1. The molecule has 122 valence electrons. The van der Waals surface area contributed by atoms with Gasteiger partial charge in [0.15, 0.2) is 0 Å². The van der Waals surface area contributed by atoms with E-state index in [0.29, 0.717) is 13.0 Å². The third-order valence-corrected chi connectivity index (χ3v) is 6.01. The van der Waals surface area contributed by atoms with Gasteiger partial charge >= 0.3 is 0 Å². The van der Waals surface area contributed by atoms with E-state index < -0.39 is 16.1 Å². The van der Waals surface area contributed by atoms with Crippen LogP contribution in [-0.2, 0) is 14.8 Å². The Kier molecular flexibility index (Phi) is 5.27. The summed E-state index contributed by atoms with van der Waals surface area (Å²) in [7, 11) is -1.50. The second-order valence-corrected chi connectivity index (χ2v) is 8.31. The summed E-state index contributed by atoms with van der Waals surface area (Å²) in [6, 6.07) is -0.125. The van der Waals surface area contributed by atoms with Gasteiger partial charge in [-0.2, -0.15) is 0 Å². The molecule has 0 aromatic heterocycles. The molecular formula is C14H26N2O4S. The molecule has 1 amide bonds. The van der Waals surface area contributed by atoms with Crippen molar-refractivity contribution in [2.24, 2.45) is 5.92 Å². The molecule has 0 spiro atoms. The number of amides is 1. The highest BCUT2D eigenvalue weighted by atomic mass is 32.2. The molecular weight excluding hydrogens is 292 g/mol. The number of hydrogen-bond donors (Lipinski definition) is 1. The van der Waals surface area contributed by atoms with Crippen LogP contribution in [0, 0.1) is 5.92 Å². The SMILES string of the molecule is CN(C(=O)C1CCCN(S(C)(=O)=O)C1)C1CCCCC1O. The van der Waals surface area contributed by atoms with Crippen LogP contribution in [0.4, 0.5) is 0 Å². The monoisotopic (exact) mass is 318 g/mol. The van der Waals surface area contributed by atoms with Crippen LogP contribution in [0.15, 0.2) is 0 Å². The highest BCUT2D eigenvalue weighted by molar-refractivity contribution is 7.88. The minimum absolute atomic E-state index is 0.0331. The van der Waals surface area contributed by atoms with Crippen molar-refractivity contribution in [3.8, 4) is 0 Å². The maximum absolute atomic E-state index is 12.6. The van der Waals surface area contributed by atoms with Crippen molar-refractivity contribution in [3.05, 3.63) is 0 Å². The van der Waals surface area contributed by atoms with E-state index in [4.69, 9.17) is 0 Å². The van der Waals surface area contributed by atoms with E-state index in [1.165, 1.54) is 10.6 Å². The lowest BCUT2D eigenvalue weighted by Crippen LogP contribution is -2.51. The van der Waals surface area contributed by atoms with Crippen molar-refractivity contribution in [3.63, 3.8) is 0 Å². The quantitative estimate of drug-likeness (QED) is 0.818. The summed E-state index contributed by atoms with van der Waals surface area (Å²) in [5.41, 5.74) is 0. The van der Waals surface area contributed by atoms with E-state index in [1.54, 1.807) is 11.9 Å². The molecule has 2 rings (SSSR count). The molecule has 1 aliphatic carbocycles. The number of carbonyl (C=O) groups excluding carboxylic acids is 1. The van der Waals surface area contributed by atoms with Gasteiger partial charge in [-0.25, -0.2) is 12.7 Å². The average Bonchev–Trinajstić information content (AvgIpc) is 2.45. The van der Waals surface area contributed by atoms with Gasteiger partial charge in [0, 0.05) is 20.1 Å². The number of hydrogen-bond acceptors (Lipinski definition) is 4. The van der Waals surface area contributed by atoms with Gasteiger partial charge in [0.1, 0.15) is 0 Å². The Morgan fingerprint density at radius 2 is 1.86 bits per heavy atom. The molecule has 21 heavy (non-hydrogen) atoms. The van der Waals surface area contributed by atoms with E-state index in [1.807, 2.05) is 0 Å². The first-order valence-corrected chi connectivity index (χ1v) is 9.55. The van der Waals surface area contributed by atoms with E-state index in [2.05, 4.69) is 0 Å². The van der Waals surface area contributed by atoms with E-state index >= 15 is 0 Å². The van der Waals surface area contributed by atoms with Crippen molar-refractivity contribution >= 4 is 15.9 Å². The maximum Gasteiger partial charge on any atom is 0.227 e. The predicted molar refractivity (Wildman–Crippen MR) is 80.2 cm³/mol. The summed E-state index contributed by atoms with van der Waals surface area (Å²) in [4.78, 5) is 14.3. The molecule has 0 aromatic rings. The van der Waals surface area contributed by atoms with Crippen molar-refractivity contribution in [1.82, 2.24) is 9.21 Å². The number of aliphatic hydroxyl groups excluding tert-OH is 1. The molecule has 6 nitrogen and oxygen atoms in total. The first kappa shape index (κ1) is 16.7. The molecule has 3 atom stereocenters. The molecule has 7 heteroatoms. The molecule has 0 bridgehead atoms. The van der Waals surface area contributed by atoms with Crippen LogP contribution >= 0.6 is 0 Å². The number of sulfonamides is 1. The van der Waals surface area contributed by atoms with Crippen LogP contribution in [0.5, 0.6) is 0 Å². The second kappa shape index (κ2) is 6.62. The number of carbonyl (C=O) groups is 1. The largest absolute Gasteiger partial charge is 0.391 e. The summed E-state index contributed by atoms with van der Waals surface area (Å²) < 4.78 is 24.7. The van der Waals surface area contributed by atoms with Gasteiger partial charge in [-0.1, -0.05) is 12.8 Å². The lowest BCUT2D eigenvalue weighted by atomic mass is 9.90. The fourth-order valence-corrected chi connectivity index (χ4v) is 4.35. The lowest BCUT2D eigenvalue weighted by Gasteiger charge is -2.39. The van der Waals surface area contributed by atoms with E-state index in [0.717, 1.165) is 32.1 Å². The predicted octanol–water partition coefficient (Wildman–Crippen LogP) is 0.420. The molecule has 1 heterocycles. The highest BCUT2D eigenvalue weighted by Crippen LogP contribution is 2.26. The van der Waals surface area contributed by atoms with Crippen LogP contribution in [0.1, 0.15) is 38.5 Å². The summed E-state index contributed by atoms with van der Waals surface area (Å²) in [6.45, 7) is 0.767. The van der Waals surface area contributed by atoms with Crippen LogP contribution in [-0.4, -0.2) is 67.2 Å². The van der Waals surface area contributed by atoms with Crippen molar-refractivity contribution < 1.29 is 18.3 Å². The Hall–Kier alpha value is -0.660. The number of rotatable bonds is 3. The summed E-state index contributed by atoms with van der Waals surface area (Å²) >= 11 is 0. The molecule has 1 N–H and O–H groups in total. The number of aliphatic hydroxyl groups is 1. The van der Waals surface area contributed by atoms with Gasteiger partial charge in [0.05, 0.1) is 24.3 Å². The molecule has 1 saturated carbocycles. The Bertz CT molecular complexity index is 479. The normalized spacial score (nSPS) is 31.9. The Morgan fingerprint density at radius 3 is 2.48 bits per heavy atom. The van der Waals surface area contributed by atoms with Crippen LogP contribution in [0.25, 0.3) is 0 Å². The third-order valence-electron chi connectivity index (χ3n) is 4.74. The highest BCUT2D eigenvalue weighted by Gasteiger charge is 2.36. The Balaban J connectivity index is 2.01. The number of nitrogens with zero attached hydrogens (tertiary/aromatic N) is 2. The van der Waals surface area contributed by atoms with Gasteiger partial charge in [-0.05, 0) is 25.7 Å². The maximum atomic E-state index is 12.6. The Morgan fingerprint density at radius 1 is 1.19 bits per heavy atom. The first-order valence-electron chi connectivity index (χ1n) is 7.70. The Labute approximate surface area is 127 Å². The van der Waals surface area contributed by atoms with Gasteiger partial charge in [0.25, 0.3) is 0 Å². The van der Waals surface area contributed by atoms with Gasteiger partial charge in [-0.3, -0.25) is 4.79 Å². The molecule has 0 aromatic carbocycles. The molecule has 1 aliphatic heterocycles. The van der Waals surface area contributed by atoms with Crippen molar-refractivity contribution in [1.29, 1.82) is 0 Å². The first-order chi connectivity index (χ1) is 9.80. The van der Waals surface area contributed by atoms with Gasteiger partial charge < -0.3 is 10.0 Å². The minimum atomic E-state index is -3.24. The van der Waals surface area contributed by atoms with Crippen LogP contribution in [0.2, 0.25) is 0 Å². The summed E-state index contributed by atoms with van der Waals surface area (Å²) in [6.07, 6.45) is 5.76.